The number of anilines is 1. The third kappa shape index (κ3) is 11.1. The third-order valence-electron chi connectivity index (χ3n) is 12.5. The van der Waals surface area contributed by atoms with Crippen molar-refractivity contribution in [3.05, 3.63) is 80.3 Å². The van der Waals surface area contributed by atoms with Gasteiger partial charge in [-0.15, -0.1) is 0 Å². The van der Waals surface area contributed by atoms with Gasteiger partial charge in [-0.1, -0.05) is 62.7 Å². The third-order valence-corrected chi connectivity index (χ3v) is 12.8. The minimum absolute atomic E-state index is 0.0523. The van der Waals surface area contributed by atoms with Crippen molar-refractivity contribution in [3.8, 4) is 0 Å². The first-order valence-corrected chi connectivity index (χ1v) is 21.3. The quantitative estimate of drug-likeness (QED) is 0.186. The van der Waals surface area contributed by atoms with Gasteiger partial charge < -0.3 is 29.5 Å². The second kappa shape index (κ2) is 19.9. The average Bonchev–Trinajstić information content (AvgIpc) is 3.62. The lowest BCUT2D eigenvalue weighted by Crippen LogP contribution is -2.47. The van der Waals surface area contributed by atoms with Crippen molar-refractivity contribution < 1.29 is 29.6 Å². The molecule has 0 radical (unpaired) electrons. The zero-order valence-electron chi connectivity index (χ0n) is 35.6. The number of aliphatic carboxylic acids is 1. The lowest BCUT2D eigenvalue weighted by Gasteiger charge is -2.44. The lowest BCUT2D eigenvalue weighted by atomic mass is 9.65. The second-order valence-corrected chi connectivity index (χ2v) is 17.7. The fraction of sp³-hybridized carbons (Fsp3) is 0.614. The smallest absolute Gasteiger partial charge is 0.332 e. The number of aromatic nitrogens is 4. The SMILES string of the molecule is CCC(C)(C)C(=O)O[C@H]1C[C@@H](C)C=C2C=C[C@H](C)[C@H](CC[C@@H](O)C[C@@H](O)CC(=O)O)[C@H]21.Cn1c(=O)c2c(ncn2CCN2CCN(c3ccccc3Cl)CC2)n(C)c1=O. The summed E-state index contributed by atoms with van der Waals surface area (Å²) in [6, 6.07) is 7.92. The van der Waals surface area contributed by atoms with Crippen molar-refractivity contribution in [1.29, 1.82) is 0 Å². The molecule has 0 bridgehead atoms. The van der Waals surface area contributed by atoms with Gasteiger partial charge in [0.05, 0.1) is 41.1 Å². The number of carboxylic acids is 1. The number of aliphatic hydroxyl groups is 2. The van der Waals surface area contributed by atoms with Crippen molar-refractivity contribution in [2.75, 3.05) is 37.6 Å². The Labute approximate surface area is 351 Å². The molecule has 7 atom stereocenters. The zero-order chi connectivity index (χ0) is 43.2. The maximum absolute atomic E-state index is 12.8. The predicted molar refractivity (Wildman–Crippen MR) is 230 cm³/mol. The maximum Gasteiger partial charge on any atom is 0.332 e. The molecule has 0 spiro atoms. The number of halogens is 1. The van der Waals surface area contributed by atoms with Gasteiger partial charge >= 0.3 is 17.6 Å². The first-order chi connectivity index (χ1) is 27.9. The van der Waals surface area contributed by atoms with Crippen molar-refractivity contribution in [2.45, 2.75) is 98.0 Å². The molecule has 324 valence electrons. The van der Waals surface area contributed by atoms with E-state index in [9.17, 15) is 29.4 Å². The molecule has 1 aromatic carbocycles. The van der Waals surface area contributed by atoms with Gasteiger partial charge in [-0.2, -0.15) is 0 Å². The molecule has 59 heavy (non-hydrogen) atoms. The van der Waals surface area contributed by atoms with Crippen molar-refractivity contribution in [1.82, 2.24) is 23.6 Å². The van der Waals surface area contributed by atoms with E-state index < -0.39 is 23.6 Å². The number of aliphatic hydroxyl groups excluding tert-OH is 2. The van der Waals surface area contributed by atoms with E-state index in [4.69, 9.17) is 21.4 Å². The monoisotopic (exact) mass is 838 g/mol. The first-order valence-electron chi connectivity index (χ1n) is 20.9. The van der Waals surface area contributed by atoms with Crippen LogP contribution in [0.1, 0.15) is 73.1 Å². The summed E-state index contributed by atoms with van der Waals surface area (Å²) in [6.07, 6.45) is 8.63. The van der Waals surface area contributed by atoms with Crippen LogP contribution in [0.15, 0.2) is 64.0 Å². The minimum Gasteiger partial charge on any atom is -0.481 e. The molecule has 1 fully saturated rings. The normalized spacial score (nSPS) is 23.2. The summed E-state index contributed by atoms with van der Waals surface area (Å²) in [7, 11) is 3.13. The Bertz CT molecular complexity index is 2120. The van der Waals surface area contributed by atoms with E-state index in [2.05, 4.69) is 52.9 Å². The van der Waals surface area contributed by atoms with Crippen LogP contribution >= 0.6 is 11.6 Å². The van der Waals surface area contributed by atoms with Gasteiger partial charge in [0.2, 0.25) is 0 Å². The molecular formula is C44H63ClN6O8. The molecule has 0 unspecified atom stereocenters. The van der Waals surface area contributed by atoms with Crippen LogP contribution in [0.2, 0.25) is 5.02 Å². The Morgan fingerprint density at radius 1 is 1.02 bits per heavy atom. The topological polar surface area (TPSA) is 172 Å². The number of benzene rings is 1. The summed E-state index contributed by atoms with van der Waals surface area (Å²) in [5, 5.41) is 29.8. The molecule has 1 aliphatic heterocycles. The van der Waals surface area contributed by atoms with Crippen molar-refractivity contribution in [3.63, 3.8) is 0 Å². The van der Waals surface area contributed by atoms with Gasteiger partial charge in [0, 0.05) is 59.3 Å². The van der Waals surface area contributed by atoms with Crippen LogP contribution in [0.5, 0.6) is 0 Å². The number of allylic oxidation sites excluding steroid dienone is 3. The van der Waals surface area contributed by atoms with Crippen LogP contribution < -0.4 is 16.1 Å². The van der Waals surface area contributed by atoms with E-state index in [0.717, 1.165) is 54.4 Å². The molecule has 3 N–H and O–H groups in total. The van der Waals surface area contributed by atoms with Crippen LogP contribution in [0, 0.1) is 29.1 Å². The number of rotatable bonds is 14. The Balaban J connectivity index is 0.000000225. The van der Waals surface area contributed by atoms with Crippen LogP contribution in [-0.4, -0.2) is 102 Å². The zero-order valence-corrected chi connectivity index (χ0v) is 36.3. The number of aryl methyl sites for hydroxylation is 1. The van der Waals surface area contributed by atoms with Crippen LogP contribution in [0.3, 0.4) is 0 Å². The predicted octanol–water partition coefficient (Wildman–Crippen LogP) is 5.02. The van der Waals surface area contributed by atoms with E-state index in [-0.39, 0.29) is 53.9 Å². The van der Waals surface area contributed by atoms with Crippen molar-refractivity contribution >= 4 is 40.4 Å². The molecule has 0 amide bonds. The molecule has 15 heteroatoms. The Morgan fingerprint density at radius 2 is 1.71 bits per heavy atom. The average molecular weight is 839 g/mol. The van der Waals surface area contributed by atoms with Gasteiger partial charge in [-0.25, -0.2) is 9.78 Å². The Kier molecular flexibility index (Phi) is 15.4. The van der Waals surface area contributed by atoms with E-state index in [0.29, 0.717) is 42.9 Å². The largest absolute Gasteiger partial charge is 0.481 e. The molecule has 3 aliphatic rings. The van der Waals surface area contributed by atoms with Crippen LogP contribution in [0.4, 0.5) is 5.69 Å². The summed E-state index contributed by atoms with van der Waals surface area (Å²) in [6.45, 7) is 15.2. The van der Waals surface area contributed by atoms with Gasteiger partial charge in [0.15, 0.2) is 11.2 Å². The van der Waals surface area contributed by atoms with Gasteiger partial charge in [-0.3, -0.25) is 28.4 Å². The van der Waals surface area contributed by atoms with E-state index in [1.165, 1.54) is 17.2 Å². The molecule has 3 heterocycles. The highest BCUT2D eigenvalue weighted by Gasteiger charge is 2.43. The van der Waals surface area contributed by atoms with Gasteiger partial charge in [0.25, 0.3) is 5.56 Å². The number of carbonyl (C=O) groups excluding carboxylic acids is 1. The number of carboxylic acid groups (broad SMARTS) is 1. The Hall–Kier alpha value is -4.24. The van der Waals surface area contributed by atoms with E-state index in [1.54, 1.807) is 13.4 Å². The van der Waals surface area contributed by atoms with Gasteiger partial charge in [-0.05, 0) is 81.4 Å². The maximum atomic E-state index is 12.8. The molecule has 3 aromatic rings. The molecular weight excluding hydrogens is 776 g/mol. The summed E-state index contributed by atoms with van der Waals surface area (Å²) in [5.74, 6) is -0.347. The number of carbonyl (C=O) groups is 2. The van der Waals surface area contributed by atoms with E-state index >= 15 is 0 Å². The van der Waals surface area contributed by atoms with E-state index in [1.807, 2.05) is 43.5 Å². The second-order valence-electron chi connectivity index (χ2n) is 17.3. The fourth-order valence-electron chi connectivity index (χ4n) is 8.50. The molecule has 2 aromatic heterocycles. The summed E-state index contributed by atoms with van der Waals surface area (Å²) < 4.78 is 10.5. The number of hydrogen-bond acceptors (Lipinski definition) is 10. The van der Waals surface area contributed by atoms with Crippen LogP contribution in [0.25, 0.3) is 11.2 Å². The standard InChI is InChI=1S/C25H40O6.C19H23ClN6O2/c1-6-25(4,5)24(30)31-21-12-15(2)11-17-8-7-16(3)20(23(17)21)10-9-18(26)13-19(27)14-22(28)29;1-22-17-16(18(27)23(2)19(22)28)26(13-21-17)12-9-24-7-10-25(11-8-24)15-6-4-3-5-14(15)20/h7-8,11,15-16,18-21,23,26-27H,6,9-10,12-14H2,1-5H3,(H,28,29);3-6,13H,7-12H2,1-2H3/t15-,16-,18+,19+,20-,21-,23-;/m0./s1. The number of nitrogens with zero attached hydrogens (tertiary/aromatic N) is 6. The number of piperazine rings is 1. The molecule has 0 saturated carbocycles. The minimum atomic E-state index is -1.07. The molecule has 2 aliphatic carbocycles. The molecule has 1 saturated heterocycles. The highest BCUT2D eigenvalue weighted by Crippen LogP contribution is 2.45. The highest BCUT2D eigenvalue weighted by molar-refractivity contribution is 6.33. The number of para-hydroxylation sites is 1. The number of hydrogen-bond donors (Lipinski definition) is 3. The highest BCUT2D eigenvalue weighted by atomic mass is 35.5. The van der Waals surface area contributed by atoms with Crippen LogP contribution in [-0.2, 0) is 35.0 Å². The molecule has 6 rings (SSSR count). The lowest BCUT2D eigenvalue weighted by molar-refractivity contribution is -0.164. The van der Waals surface area contributed by atoms with Crippen molar-refractivity contribution in [2.24, 2.45) is 43.2 Å². The number of ether oxygens (including phenoxy) is 1. The fourth-order valence-corrected chi connectivity index (χ4v) is 8.76. The Morgan fingerprint density at radius 3 is 2.37 bits per heavy atom. The number of fused-ring (bicyclic) bond motifs is 2. The first kappa shape index (κ1) is 45.8. The summed E-state index contributed by atoms with van der Waals surface area (Å²) >= 11 is 6.31. The summed E-state index contributed by atoms with van der Waals surface area (Å²) in [5.41, 5.74) is 1.99. The summed E-state index contributed by atoms with van der Waals surface area (Å²) in [4.78, 5) is 57.1. The van der Waals surface area contributed by atoms with Gasteiger partial charge in [0.1, 0.15) is 6.10 Å². The molecule has 14 nitrogen and oxygen atoms in total. The number of imidazole rings is 1. The number of esters is 1.